The van der Waals surface area contributed by atoms with E-state index in [0.717, 1.165) is 0 Å². The molecule has 0 radical (unpaired) electrons. The van der Waals surface area contributed by atoms with E-state index in [4.69, 9.17) is 14.3 Å². The summed E-state index contributed by atoms with van der Waals surface area (Å²) in [6.45, 7) is 0. The molecule has 1 heterocycles. The van der Waals surface area contributed by atoms with E-state index in [0.29, 0.717) is 22.3 Å². The molecule has 1 aromatic heterocycles. The van der Waals surface area contributed by atoms with Crippen molar-refractivity contribution in [3.05, 3.63) is 40.2 Å². The van der Waals surface area contributed by atoms with Crippen LogP contribution in [0, 0.1) is 0 Å². The van der Waals surface area contributed by atoms with Gasteiger partial charge in [-0.1, -0.05) is 0 Å². The highest BCUT2D eigenvalue weighted by molar-refractivity contribution is 5.79. The van der Waals surface area contributed by atoms with Crippen molar-refractivity contribution < 1.29 is 24.2 Å². The number of benzene rings is 1. The standard InChI is InChI=1S/C14H14O6/c1-19-12-7-11-8(2-5-14(18)20-11)6-9(12)10(15)3-4-13(16)17/h2,5-7,10,15H,3-4H2,1H3,(H,16,17). The molecule has 2 N–H and O–H groups in total. The molecule has 20 heavy (non-hydrogen) atoms. The van der Waals surface area contributed by atoms with Crippen molar-refractivity contribution in [1.82, 2.24) is 0 Å². The summed E-state index contributed by atoms with van der Waals surface area (Å²) in [4.78, 5) is 21.7. The molecule has 0 saturated carbocycles. The number of carboxylic acids is 1. The quantitative estimate of drug-likeness (QED) is 0.808. The van der Waals surface area contributed by atoms with Crippen LogP contribution in [-0.4, -0.2) is 23.3 Å². The summed E-state index contributed by atoms with van der Waals surface area (Å²) in [6, 6.07) is 6.00. The number of carbonyl (C=O) groups is 1. The zero-order valence-electron chi connectivity index (χ0n) is 10.8. The van der Waals surface area contributed by atoms with Crippen molar-refractivity contribution in [2.24, 2.45) is 0 Å². The van der Waals surface area contributed by atoms with Gasteiger partial charge >= 0.3 is 11.6 Å². The van der Waals surface area contributed by atoms with Crippen LogP contribution in [0.2, 0.25) is 0 Å². The smallest absolute Gasteiger partial charge is 0.336 e. The predicted octanol–water partition coefficient (Wildman–Crippen LogP) is 1.70. The molecule has 6 nitrogen and oxygen atoms in total. The van der Waals surface area contributed by atoms with Crippen LogP contribution in [-0.2, 0) is 4.79 Å². The van der Waals surface area contributed by atoms with Gasteiger partial charge in [-0.15, -0.1) is 0 Å². The molecule has 6 heteroatoms. The molecule has 0 aliphatic carbocycles. The fraction of sp³-hybridized carbons (Fsp3) is 0.286. The third-order valence-electron chi connectivity index (χ3n) is 2.96. The molecule has 1 atom stereocenters. The molecule has 0 bridgehead atoms. The number of rotatable bonds is 5. The molecule has 0 amide bonds. The van der Waals surface area contributed by atoms with Crippen LogP contribution >= 0.6 is 0 Å². The molecule has 0 spiro atoms. The summed E-state index contributed by atoms with van der Waals surface area (Å²) in [5, 5.41) is 19.3. The first kappa shape index (κ1) is 14.1. The maximum Gasteiger partial charge on any atom is 0.336 e. The zero-order chi connectivity index (χ0) is 14.7. The molecule has 2 rings (SSSR count). The molecular formula is C14H14O6. The first-order valence-corrected chi connectivity index (χ1v) is 6.03. The fourth-order valence-electron chi connectivity index (χ4n) is 1.97. The zero-order valence-corrected chi connectivity index (χ0v) is 10.8. The second kappa shape index (κ2) is 5.75. The molecule has 0 saturated heterocycles. The average molecular weight is 278 g/mol. The summed E-state index contributed by atoms with van der Waals surface area (Å²) in [5.74, 6) is -0.625. The SMILES string of the molecule is COc1cc2oc(=O)ccc2cc1C(O)CCC(=O)O. The fourth-order valence-corrected chi connectivity index (χ4v) is 1.97. The van der Waals surface area contributed by atoms with E-state index < -0.39 is 17.7 Å². The van der Waals surface area contributed by atoms with Crippen molar-refractivity contribution in [1.29, 1.82) is 0 Å². The van der Waals surface area contributed by atoms with Gasteiger partial charge in [0.2, 0.25) is 0 Å². The molecule has 1 aromatic carbocycles. The van der Waals surface area contributed by atoms with Crippen molar-refractivity contribution in [3.63, 3.8) is 0 Å². The van der Waals surface area contributed by atoms with Crippen LogP contribution in [0.3, 0.4) is 0 Å². The monoisotopic (exact) mass is 278 g/mol. The average Bonchev–Trinajstić information content (AvgIpc) is 2.43. The second-order valence-corrected chi connectivity index (χ2v) is 4.33. The lowest BCUT2D eigenvalue weighted by molar-refractivity contribution is -0.137. The van der Waals surface area contributed by atoms with Crippen LogP contribution in [0.25, 0.3) is 11.0 Å². The number of ether oxygens (including phenoxy) is 1. The van der Waals surface area contributed by atoms with Gasteiger partial charge in [0, 0.05) is 29.5 Å². The van der Waals surface area contributed by atoms with Gasteiger partial charge in [-0.25, -0.2) is 4.79 Å². The molecule has 2 aromatic rings. The first-order chi connectivity index (χ1) is 9.51. The predicted molar refractivity (Wildman–Crippen MR) is 70.9 cm³/mol. The number of aliphatic hydroxyl groups excluding tert-OH is 1. The number of fused-ring (bicyclic) bond motifs is 1. The van der Waals surface area contributed by atoms with E-state index in [9.17, 15) is 14.7 Å². The Morgan fingerprint density at radius 1 is 1.40 bits per heavy atom. The summed E-state index contributed by atoms with van der Waals surface area (Å²) in [7, 11) is 1.43. The molecular weight excluding hydrogens is 264 g/mol. The number of carboxylic acid groups (broad SMARTS) is 1. The van der Waals surface area contributed by atoms with Gasteiger partial charge in [0.1, 0.15) is 11.3 Å². The van der Waals surface area contributed by atoms with Crippen LogP contribution in [0.15, 0.2) is 33.5 Å². The Balaban J connectivity index is 2.43. The Morgan fingerprint density at radius 3 is 2.80 bits per heavy atom. The third kappa shape index (κ3) is 2.97. The maximum atomic E-state index is 11.2. The summed E-state index contributed by atoms with van der Waals surface area (Å²) < 4.78 is 10.2. The van der Waals surface area contributed by atoms with Gasteiger partial charge in [-0.2, -0.15) is 0 Å². The summed E-state index contributed by atoms with van der Waals surface area (Å²) >= 11 is 0. The number of hydrogen-bond donors (Lipinski definition) is 2. The Bertz CT molecular complexity index is 688. The Kier molecular flexibility index (Phi) is 4.05. The molecule has 1 unspecified atom stereocenters. The highest BCUT2D eigenvalue weighted by Gasteiger charge is 2.16. The van der Waals surface area contributed by atoms with Gasteiger partial charge in [-0.05, 0) is 18.6 Å². The van der Waals surface area contributed by atoms with Crippen LogP contribution in [0.4, 0.5) is 0 Å². The third-order valence-corrected chi connectivity index (χ3v) is 2.96. The summed E-state index contributed by atoms with van der Waals surface area (Å²) in [5.41, 5.74) is 0.345. The van der Waals surface area contributed by atoms with Crippen LogP contribution in [0.5, 0.6) is 5.75 Å². The van der Waals surface area contributed by atoms with Gasteiger partial charge in [0.05, 0.1) is 13.2 Å². The van der Waals surface area contributed by atoms with Gasteiger partial charge in [-0.3, -0.25) is 4.79 Å². The minimum absolute atomic E-state index is 0.0774. The second-order valence-electron chi connectivity index (χ2n) is 4.33. The Labute approximate surface area is 114 Å². The lowest BCUT2D eigenvalue weighted by Gasteiger charge is -2.14. The van der Waals surface area contributed by atoms with Gasteiger partial charge in [0.25, 0.3) is 0 Å². The van der Waals surface area contributed by atoms with Crippen molar-refractivity contribution in [2.45, 2.75) is 18.9 Å². The number of aliphatic hydroxyl groups is 1. The van der Waals surface area contributed by atoms with Gasteiger partial charge < -0.3 is 19.4 Å². The van der Waals surface area contributed by atoms with E-state index in [1.54, 1.807) is 12.1 Å². The summed E-state index contributed by atoms with van der Waals surface area (Å²) in [6.07, 6.45) is -1.03. The minimum atomic E-state index is -0.977. The highest BCUT2D eigenvalue weighted by atomic mass is 16.5. The van der Waals surface area contributed by atoms with Gasteiger partial charge in [0.15, 0.2) is 0 Å². The molecule has 0 aliphatic rings. The molecule has 106 valence electrons. The van der Waals surface area contributed by atoms with E-state index in [-0.39, 0.29) is 12.8 Å². The lowest BCUT2D eigenvalue weighted by Crippen LogP contribution is -2.05. The van der Waals surface area contributed by atoms with Crippen molar-refractivity contribution in [3.8, 4) is 5.75 Å². The maximum absolute atomic E-state index is 11.2. The topological polar surface area (TPSA) is 97.0 Å². The molecule has 0 aliphatic heterocycles. The largest absolute Gasteiger partial charge is 0.496 e. The first-order valence-electron chi connectivity index (χ1n) is 6.03. The van der Waals surface area contributed by atoms with Crippen LogP contribution < -0.4 is 10.4 Å². The van der Waals surface area contributed by atoms with Crippen molar-refractivity contribution in [2.75, 3.05) is 7.11 Å². The lowest BCUT2D eigenvalue weighted by atomic mass is 10.0. The van der Waals surface area contributed by atoms with Crippen LogP contribution in [0.1, 0.15) is 24.5 Å². The van der Waals surface area contributed by atoms with E-state index in [2.05, 4.69) is 0 Å². The number of aliphatic carboxylic acids is 1. The normalized spacial score (nSPS) is 12.3. The number of methoxy groups -OCH3 is 1. The van der Waals surface area contributed by atoms with Crippen molar-refractivity contribution >= 4 is 16.9 Å². The Morgan fingerprint density at radius 2 is 2.15 bits per heavy atom. The molecule has 0 fully saturated rings. The van der Waals surface area contributed by atoms with E-state index >= 15 is 0 Å². The minimum Gasteiger partial charge on any atom is -0.496 e. The Hall–Kier alpha value is -2.34. The highest BCUT2D eigenvalue weighted by Crippen LogP contribution is 2.32. The number of hydrogen-bond acceptors (Lipinski definition) is 5. The van der Waals surface area contributed by atoms with E-state index in [1.165, 1.54) is 19.2 Å². The van der Waals surface area contributed by atoms with E-state index in [1.807, 2.05) is 0 Å².